The number of aryl methyl sites for hydroxylation is 2. The Hall–Kier alpha value is -2.86. The molecule has 0 radical (unpaired) electrons. The predicted molar refractivity (Wildman–Crippen MR) is 116 cm³/mol. The molecule has 0 aliphatic rings. The summed E-state index contributed by atoms with van der Waals surface area (Å²) in [7, 11) is 0. The van der Waals surface area contributed by atoms with Crippen LogP contribution in [0.1, 0.15) is 48.4 Å². The van der Waals surface area contributed by atoms with Gasteiger partial charge in [0.25, 0.3) is 0 Å². The van der Waals surface area contributed by atoms with Crippen LogP contribution < -0.4 is 10.1 Å². The van der Waals surface area contributed by atoms with Crippen LogP contribution in [-0.2, 0) is 16.2 Å². The molecule has 2 rings (SSSR count). The molecule has 2 atom stereocenters. The van der Waals surface area contributed by atoms with Crippen LogP contribution in [0, 0.1) is 19.8 Å². The van der Waals surface area contributed by atoms with Crippen LogP contribution in [0.15, 0.2) is 42.5 Å². The van der Waals surface area contributed by atoms with Crippen molar-refractivity contribution in [2.75, 3.05) is 6.54 Å². The normalized spacial score (nSPS) is 13.1. The van der Waals surface area contributed by atoms with Crippen LogP contribution in [0.2, 0.25) is 0 Å². The fourth-order valence-corrected chi connectivity index (χ4v) is 3.49. The van der Waals surface area contributed by atoms with E-state index >= 15 is 0 Å². The highest BCUT2D eigenvalue weighted by Crippen LogP contribution is 2.23. The Labute approximate surface area is 177 Å². The third-order valence-electron chi connectivity index (χ3n) is 4.82. The largest absolute Gasteiger partial charge is 0.489 e. The number of nitrogens with one attached hydrogen (secondary N) is 1. The van der Waals surface area contributed by atoms with Gasteiger partial charge in [-0.25, -0.2) is 0 Å². The van der Waals surface area contributed by atoms with Crippen molar-refractivity contribution < 1.29 is 24.5 Å². The molecule has 3 N–H and O–H groups in total. The Kier molecular flexibility index (Phi) is 8.42. The third kappa shape index (κ3) is 7.19. The van der Waals surface area contributed by atoms with E-state index in [1.807, 2.05) is 27.7 Å². The summed E-state index contributed by atoms with van der Waals surface area (Å²) in [6.45, 7) is 8.35. The molecule has 0 heterocycles. The second kappa shape index (κ2) is 10.8. The number of carbonyl (C=O) groups is 2. The minimum Gasteiger partial charge on any atom is -0.489 e. The maximum atomic E-state index is 11.8. The molecule has 0 aliphatic heterocycles. The maximum absolute atomic E-state index is 11.8. The van der Waals surface area contributed by atoms with E-state index in [4.69, 9.17) is 4.74 Å². The van der Waals surface area contributed by atoms with Gasteiger partial charge in [0.05, 0.1) is 5.92 Å². The van der Waals surface area contributed by atoms with Crippen molar-refractivity contribution >= 4 is 11.9 Å². The topological polar surface area (TPSA) is 95.9 Å². The van der Waals surface area contributed by atoms with E-state index in [-0.39, 0.29) is 12.5 Å². The highest BCUT2D eigenvalue weighted by Gasteiger charge is 2.25. The summed E-state index contributed by atoms with van der Waals surface area (Å²) in [5.74, 6) is -2.09. The minimum absolute atomic E-state index is 0.0273. The van der Waals surface area contributed by atoms with Gasteiger partial charge in [0.2, 0.25) is 0 Å². The Balaban J connectivity index is 2.09. The molecule has 0 amide bonds. The van der Waals surface area contributed by atoms with E-state index in [0.717, 1.165) is 16.7 Å². The lowest BCUT2D eigenvalue weighted by molar-refractivity contribution is -0.142. The van der Waals surface area contributed by atoms with E-state index < -0.39 is 23.9 Å². The molecule has 0 fully saturated rings. The van der Waals surface area contributed by atoms with Crippen LogP contribution in [0.25, 0.3) is 0 Å². The zero-order valence-corrected chi connectivity index (χ0v) is 18.0. The van der Waals surface area contributed by atoms with Gasteiger partial charge in [0, 0.05) is 6.54 Å². The molecule has 2 aromatic carbocycles. The van der Waals surface area contributed by atoms with Gasteiger partial charge in [0.1, 0.15) is 18.4 Å². The van der Waals surface area contributed by atoms with E-state index in [1.54, 1.807) is 24.3 Å². The summed E-state index contributed by atoms with van der Waals surface area (Å²) in [6.07, 6.45) is 0.431. The first kappa shape index (κ1) is 23.4. The van der Waals surface area contributed by atoms with Gasteiger partial charge < -0.3 is 20.3 Å². The number of aliphatic carboxylic acids is 2. The second-order valence-corrected chi connectivity index (χ2v) is 8.18. The number of benzene rings is 2. The molecule has 30 heavy (non-hydrogen) atoms. The van der Waals surface area contributed by atoms with Gasteiger partial charge in [0.15, 0.2) is 0 Å². The molecule has 0 aromatic heterocycles. The number of carboxylic acids is 2. The number of ether oxygens (including phenoxy) is 1. The average Bonchev–Trinajstić information content (AvgIpc) is 2.64. The number of hydrogen-bond acceptors (Lipinski definition) is 4. The van der Waals surface area contributed by atoms with Gasteiger partial charge in [-0.1, -0.05) is 55.3 Å². The Bertz CT molecular complexity index is 857. The van der Waals surface area contributed by atoms with Gasteiger partial charge in [-0.15, -0.1) is 0 Å². The van der Waals surface area contributed by atoms with E-state index in [9.17, 15) is 19.8 Å². The number of hydrogen-bond donors (Lipinski definition) is 3. The lowest BCUT2D eigenvalue weighted by atomic mass is 9.97. The molecule has 6 nitrogen and oxygen atoms in total. The molecule has 162 valence electrons. The van der Waals surface area contributed by atoms with Gasteiger partial charge in [-0.3, -0.25) is 9.59 Å². The molecule has 0 saturated heterocycles. The van der Waals surface area contributed by atoms with Crippen LogP contribution in [0.3, 0.4) is 0 Å². The van der Waals surface area contributed by atoms with Crippen molar-refractivity contribution in [1.82, 2.24) is 5.32 Å². The summed E-state index contributed by atoms with van der Waals surface area (Å²) < 4.78 is 5.88. The van der Waals surface area contributed by atoms with Crippen molar-refractivity contribution in [2.45, 2.75) is 52.7 Å². The Morgan fingerprint density at radius 2 is 1.67 bits per heavy atom. The van der Waals surface area contributed by atoms with Crippen LogP contribution in [0.5, 0.6) is 5.75 Å². The molecule has 2 unspecified atom stereocenters. The minimum atomic E-state index is -1.01. The molecule has 6 heteroatoms. The zero-order valence-electron chi connectivity index (χ0n) is 18.0. The highest BCUT2D eigenvalue weighted by molar-refractivity contribution is 5.77. The van der Waals surface area contributed by atoms with Crippen molar-refractivity contribution in [3.63, 3.8) is 0 Å². The monoisotopic (exact) mass is 413 g/mol. The smallest absolute Gasteiger partial charge is 0.320 e. The highest BCUT2D eigenvalue weighted by atomic mass is 16.5. The van der Waals surface area contributed by atoms with Gasteiger partial charge >= 0.3 is 11.9 Å². The maximum Gasteiger partial charge on any atom is 0.320 e. The van der Waals surface area contributed by atoms with Crippen LogP contribution in [-0.4, -0.2) is 34.7 Å². The van der Waals surface area contributed by atoms with Gasteiger partial charge in [-0.05, 0) is 49.4 Å². The fourth-order valence-electron chi connectivity index (χ4n) is 3.49. The summed E-state index contributed by atoms with van der Waals surface area (Å²) in [6, 6.07) is 12.4. The molecule has 0 aliphatic carbocycles. The molecular weight excluding hydrogens is 382 g/mol. The Morgan fingerprint density at radius 1 is 1.00 bits per heavy atom. The third-order valence-corrected chi connectivity index (χ3v) is 4.82. The van der Waals surface area contributed by atoms with Crippen LogP contribution in [0.4, 0.5) is 0 Å². The first-order chi connectivity index (χ1) is 14.2. The van der Waals surface area contributed by atoms with Crippen molar-refractivity contribution in [2.24, 2.45) is 5.92 Å². The summed E-state index contributed by atoms with van der Waals surface area (Å²) in [4.78, 5) is 23.3. The summed E-state index contributed by atoms with van der Waals surface area (Å²) in [5, 5.41) is 22.0. The number of rotatable bonds is 11. The molecule has 0 saturated carbocycles. The lowest BCUT2D eigenvalue weighted by Gasteiger charge is -2.20. The van der Waals surface area contributed by atoms with E-state index in [1.165, 1.54) is 0 Å². The van der Waals surface area contributed by atoms with Gasteiger partial charge in [-0.2, -0.15) is 0 Å². The van der Waals surface area contributed by atoms with E-state index in [2.05, 4.69) is 23.5 Å². The first-order valence-corrected chi connectivity index (χ1v) is 10.1. The standard InChI is InChI=1S/C24H31NO5/c1-15(2)8-22(24(28)29)25-13-21(23(26)27)19-6-5-7-20(12-19)30-14-18-10-16(3)9-17(4)11-18/h5-7,9-12,15,21-22,25H,8,13-14H2,1-4H3,(H,26,27)(H,28,29). The fraction of sp³-hybridized carbons (Fsp3) is 0.417. The van der Waals surface area contributed by atoms with E-state index in [0.29, 0.717) is 24.3 Å². The van der Waals surface area contributed by atoms with Crippen molar-refractivity contribution in [3.05, 3.63) is 64.7 Å². The zero-order chi connectivity index (χ0) is 22.3. The van der Waals surface area contributed by atoms with Crippen LogP contribution >= 0.6 is 0 Å². The number of carboxylic acid groups (broad SMARTS) is 2. The van der Waals surface area contributed by atoms with Crippen molar-refractivity contribution in [3.8, 4) is 5.75 Å². The molecule has 0 spiro atoms. The predicted octanol–water partition coefficient (Wildman–Crippen LogP) is 4.14. The molecule has 2 aromatic rings. The SMILES string of the molecule is Cc1cc(C)cc(COc2cccc(C(CNC(CC(C)C)C(=O)O)C(=O)O)c2)c1. The lowest BCUT2D eigenvalue weighted by Crippen LogP contribution is -2.41. The summed E-state index contributed by atoms with van der Waals surface area (Å²) >= 11 is 0. The summed E-state index contributed by atoms with van der Waals surface area (Å²) in [5.41, 5.74) is 3.94. The Morgan fingerprint density at radius 3 is 2.23 bits per heavy atom. The molecular formula is C24H31NO5. The first-order valence-electron chi connectivity index (χ1n) is 10.1. The van der Waals surface area contributed by atoms with Crippen molar-refractivity contribution in [1.29, 1.82) is 0 Å². The quantitative estimate of drug-likeness (QED) is 0.512. The average molecular weight is 414 g/mol. The second-order valence-electron chi connectivity index (χ2n) is 8.18. The molecule has 0 bridgehead atoms.